The van der Waals surface area contributed by atoms with E-state index in [1.54, 1.807) is 25.7 Å². The molecule has 0 fully saturated rings. The molecule has 2 atom stereocenters. The fraction of sp³-hybridized carbons (Fsp3) is 0.545. The van der Waals surface area contributed by atoms with Gasteiger partial charge in [-0.05, 0) is 96.9 Å². The van der Waals surface area contributed by atoms with Gasteiger partial charge in [0.05, 0.1) is 0 Å². The average molecular weight is 552 g/mol. The SMILES string of the molecule is CCC(C)(C)N(C(=O)C(CC(C)C)NC(=O)OC(C)(C)C)C(C(=O)Nc1ccccc1C)c1cc(C)ccc1C. The Morgan fingerprint density at radius 2 is 1.55 bits per heavy atom. The van der Waals surface area contributed by atoms with Crippen LogP contribution in [-0.4, -0.2) is 40.0 Å². The molecule has 7 nitrogen and oxygen atoms in total. The largest absolute Gasteiger partial charge is 0.444 e. The number of hydrogen-bond acceptors (Lipinski definition) is 4. The van der Waals surface area contributed by atoms with Gasteiger partial charge in [0.25, 0.3) is 5.91 Å². The molecule has 3 amide bonds. The fourth-order valence-corrected chi connectivity index (χ4v) is 4.62. The minimum atomic E-state index is -0.933. The number of para-hydroxylation sites is 1. The van der Waals surface area contributed by atoms with Crippen LogP contribution < -0.4 is 10.6 Å². The highest BCUT2D eigenvalue weighted by Gasteiger charge is 2.43. The first-order valence-corrected chi connectivity index (χ1v) is 14.2. The number of carbonyl (C=O) groups excluding carboxylic acids is 3. The average Bonchev–Trinajstić information content (AvgIpc) is 2.83. The third-order valence-electron chi connectivity index (χ3n) is 7.09. The van der Waals surface area contributed by atoms with Gasteiger partial charge in [0.2, 0.25) is 5.91 Å². The molecule has 0 aliphatic heterocycles. The summed E-state index contributed by atoms with van der Waals surface area (Å²) in [5.41, 5.74) is 2.82. The number of rotatable bonds is 10. The smallest absolute Gasteiger partial charge is 0.408 e. The number of anilines is 1. The monoisotopic (exact) mass is 551 g/mol. The maximum absolute atomic E-state index is 14.6. The Kier molecular flexibility index (Phi) is 11.0. The molecule has 0 aromatic heterocycles. The minimum absolute atomic E-state index is 0.107. The quantitative estimate of drug-likeness (QED) is 0.326. The molecule has 0 aliphatic carbocycles. The van der Waals surface area contributed by atoms with Crippen molar-refractivity contribution in [2.45, 2.75) is 112 Å². The van der Waals surface area contributed by atoms with E-state index in [-0.39, 0.29) is 17.7 Å². The van der Waals surface area contributed by atoms with Crippen LogP contribution in [0.2, 0.25) is 0 Å². The molecule has 2 rings (SSSR count). The molecule has 0 radical (unpaired) electrons. The summed E-state index contributed by atoms with van der Waals surface area (Å²) in [5.74, 6) is -0.522. The highest BCUT2D eigenvalue weighted by Crippen LogP contribution is 2.35. The van der Waals surface area contributed by atoms with Crippen LogP contribution in [0.1, 0.15) is 96.5 Å². The first-order chi connectivity index (χ1) is 18.5. The van der Waals surface area contributed by atoms with Crippen molar-refractivity contribution in [3.63, 3.8) is 0 Å². The first kappa shape index (κ1) is 32.9. The van der Waals surface area contributed by atoms with E-state index >= 15 is 0 Å². The van der Waals surface area contributed by atoms with Gasteiger partial charge >= 0.3 is 6.09 Å². The molecule has 0 spiro atoms. The summed E-state index contributed by atoms with van der Waals surface area (Å²) in [4.78, 5) is 43.4. The van der Waals surface area contributed by atoms with Gasteiger partial charge in [0.1, 0.15) is 17.7 Å². The van der Waals surface area contributed by atoms with Crippen molar-refractivity contribution in [2.24, 2.45) is 5.92 Å². The number of benzene rings is 2. The number of ether oxygens (including phenoxy) is 1. The van der Waals surface area contributed by atoms with E-state index in [1.165, 1.54) is 0 Å². The number of amides is 3. The van der Waals surface area contributed by atoms with E-state index in [4.69, 9.17) is 4.74 Å². The van der Waals surface area contributed by atoms with Crippen molar-refractivity contribution in [2.75, 3.05) is 5.32 Å². The number of nitrogens with zero attached hydrogens (tertiary/aromatic N) is 1. The van der Waals surface area contributed by atoms with Crippen LogP contribution in [0.4, 0.5) is 10.5 Å². The van der Waals surface area contributed by atoms with Crippen LogP contribution in [0.15, 0.2) is 42.5 Å². The Morgan fingerprint density at radius 3 is 2.10 bits per heavy atom. The maximum Gasteiger partial charge on any atom is 0.408 e. The van der Waals surface area contributed by atoms with Gasteiger partial charge in [0, 0.05) is 11.2 Å². The van der Waals surface area contributed by atoms with Gasteiger partial charge in [-0.2, -0.15) is 0 Å². The number of aryl methyl sites for hydroxylation is 3. The zero-order valence-electron chi connectivity index (χ0n) is 26.3. The summed E-state index contributed by atoms with van der Waals surface area (Å²) in [6.07, 6.45) is 0.333. The molecular weight excluding hydrogens is 502 g/mol. The molecule has 2 aromatic rings. The van der Waals surface area contributed by atoms with Crippen molar-refractivity contribution in [1.82, 2.24) is 10.2 Å². The number of carbonyl (C=O) groups is 3. The molecule has 2 unspecified atom stereocenters. The lowest BCUT2D eigenvalue weighted by atomic mass is 9.89. The van der Waals surface area contributed by atoms with Crippen molar-refractivity contribution < 1.29 is 19.1 Å². The summed E-state index contributed by atoms with van der Waals surface area (Å²) in [7, 11) is 0. The van der Waals surface area contributed by atoms with Crippen LogP contribution in [0.3, 0.4) is 0 Å². The second-order valence-electron chi connectivity index (χ2n) is 12.8. The summed E-state index contributed by atoms with van der Waals surface area (Å²) in [6.45, 7) is 21.1. The molecule has 2 N–H and O–H groups in total. The number of hydrogen-bond donors (Lipinski definition) is 2. The predicted molar refractivity (Wildman–Crippen MR) is 162 cm³/mol. The van der Waals surface area contributed by atoms with Gasteiger partial charge in [0.15, 0.2) is 0 Å². The Morgan fingerprint density at radius 1 is 0.925 bits per heavy atom. The van der Waals surface area contributed by atoms with Crippen molar-refractivity contribution in [3.8, 4) is 0 Å². The molecule has 0 saturated carbocycles. The Balaban J connectivity index is 2.71. The molecule has 220 valence electrons. The van der Waals surface area contributed by atoms with Gasteiger partial charge in [-0.15, -0.1) is 0 Å². The second-order valence-corrected chi connectivity index (χ2v) is 12.8. The van der Waals surface area contributed by atoms with Crippen LogP contribution in [0, 0.1) is 26.7 Å². The Bertz CT molecular complexity index is 1200. The normalized spacial score (nSPS) is 13.4. The molecule has 0 heterocycles. The molecule has 7 heteroatoms. The number of alkyl carbamates (subject to hydrolysis) is 1. The highest BCUT2D eigenvalue weighted by atomic mass is 16.6. The van der Waals surface area contributed by atoms with Gasteiger partial charge in [-0.1, -0.05) is 62.7 Å². The second kappa shape index (κ2) is 13.3. The van der Waals surface area contributed by atoms with E-state index in [0.717, 1.165) is 22.3 Å². The summed E-state index contributed by atoms with van der Waals surface area (Å²) in [5, 5.41) is 5.92. The Hall–Kier alpha value is -3.35. The Labute approximate surface area is 241 Å². The predicted octanol–water partition coefficient (Wildman–Crippen LogP) is 7.25. The zero-order valence-corrected chi connectivity index (χ0v) is 26.3. The van der Waals surface area contributed by atoms with Crippen LogP contribution >= 0.6 is 0 Å². The molecule has 2 aromatic carbocycles. The van der Waals surface area contributed by atoms with Crippen molar-refractivity contribution in [1.29, 1.82) is 0 Å². The van der Waals surface area contributed by atoms with Gasteiger partial charge in [-0.25, -0.2) is 4.79 Å². The molecule has 0 bridgehead atoms. The van der Waals surface area contributed by atoms with Crippen LogP contribution in [0.25, 0.3) is 0 Å². The lowest BCUT2D eigenvalue weighted by Crippen LogP contribution is -2.59. The lowest BCUT2D eigenvalue weighted by molar-refractivity contribution is -0.148. The zero-order chi connectivity index (χ0) is 30.4. The minimum Gasteiger partial charge on any atom is -0.444 e. The lowest BCUT2D eigenvalue weighted by Gasteiger charge is -2.45. The van der Waals surface area contributed by atoms with Crippen molar-refractivity contribution in [3.05, 3.63) is 64.7 Å². The van der Waals surface area contributed by atoms with Crippen LogP contribution in [-0.2, 0) is 14.3 Å². The maximum atomic E-state index is 14.6. The van der Waals surface area contributed by atoms with Crippen molar-refractivity contribution >= 4 is 23.6 Å². The van der Waals surface area contributed by atoms with E-state index in [0.29, 0.717) is 18.5 Å². The molecular formula is C33H49N3O4. The topological polar surface area (TPSA) is 87.7 Å². The third kappa shape index (κ3) is 8.83. The first-order valence-electron chi connectivity index (χ1n) is 14.2. The fourth-order valence-electron chi connectivity index (χ4n) is 4.62. The van der Waals surface area contributed by atoms with E-state index in [9.17, 15) is 14.4 Å². The molecule has 40 heavy (non-hydrogen) atoms. The molecule has 0 saturated heterocycles. The van der Waals surface area contributed by atoms with Crippen LogP contribution in [0.5, 0.6) is 0 Å². The number of nitrogens with one attached hydrogen (secondary N) is 2. The standard InChI is InChI=1S/C33H49N3O4/c1-12-33(10,11)36(30(38)27(19-21(2)3)35-31(39)40-32(7,8)9)28(25-20-22(4)17-18-23(25)5)29(37)34-26-16-14-13-15-24(26)6/h13-18,20-21,27-28H,12,19H2,1-11H3,(H,34,37)(H,35,39). The highest BCUT2D eigenvalue weighted by molar-refractivity contribution is 6.00. The summed E-state index contributed by atoms with van der Waals surface area (Å²) in [6, 6.07) is 11.7. The van der Waals surface area contributed by atoms with Gasteiger partial charge < -0.3 is 20.3 Å². The molecule has 0 aliphatic rings. The van der Waals surface area contributed by atoms with E-state index < -0.39 is 29.3 Å². The third-order valence-corrected chi connectivity index (χ3v) is 7.09. The van der Waals surface area contributed by atoms with E-state index in [2.05, 4.69) is 10.6 Å². The summed E-state index contributed by atoms with van der Waals surface area (Å²) >= 11 is 0. The summed E-state index contributed by atoms with van der Waals surface area (Å²) < 4.78 is 5.51. The van der Waals surface area contributed by atoms with E-state index in [1.807, 2.05) is 97.9 Å². The van der Waals surface area contributed by atoms with Gasteiger partial charge in [-0.3, -0.25) is 9.59 Å².